The molecule has 0 aromatic heterocycles. The maximum atomic E-state index is 12.1. The van der Waals surface area contributed by atoms with Gasteiger partial charge in [-0.2, -0.15) is 5.10 Å². The van der Waals surface area contributed by atoms with Gasteiger partial charge >= 0.3 is 0 Å². The van der Waals surface area contributed by atoms with Gasteiger partial charge in [-0.25, -0.2) is 5.01 Å². The van der Waals surface area contributed by atoms with Gasteiger partial charge in [0.25, 0.3) is 0 Å². The van der Waals surface area contributed by atoms with Crippen LogP contribution in [0.5, 0.6) is 11.5 Å². The van der Waals surface area contributed by atoms with Crippen molar-refractivity contribution >= 4 is 23.2 Å². The molecule has 0 N–H and O–H groups in total. The molecular weight excluding hydrogens is 340 g/mol. The van der Waals surface area contributed by atoms with Crippen molar-refractivity contribution in [1.82, 2.24) is 5.01 Å². The average molecular weight is 359 g/mol. The first-order chi connectivity index (χ1) is 12.0. The third-order valence-corrected chi connectivity index (χ3v) is 4.46. The lowest BCUT2D eigenvalue weighted by Gasteiger charge is -2.20. The first kappa shape index (κ1) is 17.3. The van der Waals surface area contributed by atoms with Crippen LogP contribution in [0.15, 0.2) is 47.6 Å². The molecule has 0 bridgehead atoms. The molecule has 25 heavy (non-hydrogen) atoms. The van der Waals surface area contributed by atoms with Gasteiger partial charge in [0, 0.05) is 30.0 Å². The molecule has 2 aromatic carbocycles. The van der Waals surface area contributed by atoms with Crippen molar-refractivity contribution in [2.24, 2.45) is 5.10 Å². The minimum absolute atomic E-state index is 0.109. The Morgan fingerprint density at radius 3 is 2.48 bits per heavy atom. The van der Waals surface area contributed by atoms with E-state index in [1.807, 2.05) is 42.5 Å². The van der Waals surface area contributed by atoms with Crippen molar-refractivity contribution in [2.75, 3.05) is 14.2 Å². The van der Waals surface area contributed by atoms with Gasteiger partial charge in [-0.15, -0.1) is 0 Å². The van der Waals surface area contributed by atoms with Crippen LogP contribution in [0.25, 0.3) is 0 Å². The van der Waals surface area contributed by atoms with Crippen LogP contribution in [0.4, 0.5) is 0 Å². The van der Waals surface area contributed by atoms with Crippen LogP contribution >= 0.6 is 11.6 Å². The van der Waals surface area contributed by atoms with Crippen molar-refractivity contribution in [3.05, 3.63) is 58.6 Å². The van der Waals surface area contributed by atoms with Crippen molar-refractivity contribution in [3.8, 4) is 11.5 Å². The summed E-state index contributed by atoms with van der Waals surface area (Å²) >= 11 is 5.97. The van der Waals surface area contributed by atoms with Crippen LogP contribution in [-0.4, -0.2) is 30.8 Å². The molecule has 3 rings (SSSR count). The molecule has 0 unspecified atom stereocenters. The molecule has 0 aliphatic carbocycles. The molecule has 130 valence electrons. The Hall–Kier alpha value is -2.53. The summed E-state index contributed by atoms with van der Waals surface area (Å²) in [6, 6.07) is 12.9. The zero-order valence-electron chi connectivity index (χ0n) is 14.3. The second-order valence-corrected chi connectivity index (χ2v) is 6.18. The van der Waals surface area contributed by atoms with Gasteiger partial charge in [0.1, 0.15) is 11.5 Å². The summed E-state index contributed by atoms with van der Waals surface area (Å²) < 4.78 is 10.7. The zero-order chi connectivity index (χ0) is 18.0. The number of carbonyl (C=O) groups excluding carboxylic acids is 1. The van der Waals surface area contributed by atoms with E-state index in [-0.39, 0.29) is 11.9 Å². The van der Waals surface area contributed by atoms with Crippen LogP contribution < -0.4 is 9.47 Å². The van der Waals surface area contributed by atoms with Crippen molar-refractivity contribution in [2.45, 2.75) is 19.4 Å². The van der Waals surface area contributed by atoms with Gasteiger partial charge < -0.3 is 9.47 Å². The highest BCUT2D eigenvalue weighted by Crippen LogP contribution is 2.36. The minimum atomic E-state index is -0.156. The number of methoxy groups -OCH3 is 2. The van der Waals surface area contributed by atoms with Crippen LogP contribution in [0.3, 0.4) is 0 Å². The number of hydrazone groups is 1. The molecular formula is C19H19ClN2O3. The van der Waals surface area contributed by atoms with E-state index >= 15 is 0 Å². The highest BCUT2D eigenvalue weighted by atomic mass is 35.5. The Labute approximate surface area is 151 Å². The lowest BCUT2D eigenvalue weighted by molar-refractivity contribution is -0.130. The topological polar surface area (TPSA) is 51.1 Å². The predicted molar refractivity (Wildman–Crippen MR) is 97.4 cm³/mol. The number of benzene rings is 2. The predicted octanol–water partition coefficient (Wildman–Crippen LogP) is 4.05. The number of carbonyl (C=O) groups is 1. The second kappa shape index (κ2) is 7.15. The highest BCUT2D eigenvalue weighted by Gasteiger charge is 2.32. The highest BCUT2D eigenvalue weighted by molar-refractivity contribution is 6.30. The number of hydrogen-bond donors (Lipinski definition) is 0. The first-order valence-corrected chi connectivity index (χ1v) is 8.26. The Morgan fingerprint density at radius 2 is 1.88 bits per heavy atom. The molecule has 0 radical (unpaired) electrons. The monoisotopic (exact) mass is 358 g/mol. The summed E-state index contributed by atoms with van der Waals surface area (Å²) in [6.07, 6.45) is 0.601. The van der Waals surface area contributed by atoms with E-state index in [0.29, 0.717) is 22.9 Å². The fraction of sp³-hybridized carbons (Fsp3) is 0.263. The molecule has 0 fully saturated rings. The summed E-state index contributed by atoms with van der Waals surface area (Å²) in [6.45, 7) is 1.51. The molecule has 1 aliphatic heterocycles. The van der Waals surface area contributed by atoms with Gasteiger partial charge in [0.2, 0.25) is 5.91 Å². The zero-order valence-corrected chi connectivity index (χ0v) is 15.1. The molecule has 6 heteroatoms. The minimum Gasteiger partial charge on any atom is -0.497 e. The van der Waals surface area contributed by atoms with E-state index in [1.165, 1.54) is 11.9 Å². The van der Waals surface area contributed by atoms with E-state index in [1.54, 1.807) is 14.2 Å². The van der Waals surface area contributed by atoms with Crippen LogP contribution in [-0.2, 0) is 4.79 Å². The van der Waals surface area contributed by atoms with Crippen molar-refractivity contribution in [3.63, 3.8) is 0 Å². The Morgan fingerprint density at radius 1 is 1.16 bits per heavy atom. The van der Waals surface area contributed by atoms with E-state index in [4.69, 9.17) is 21.1 Å². The quantitative estimate of drug-likeness (QED) is 0.828. The molecule has 1 heterocycles. The average Bonchev–Trinajstić information content (AvgIpc) is 3.07. The normalized spacial score (nSPS) is 16.6. The molecule has 2 aromatic rings. The summed E-state index contributed by atoms with van der Waals surface area (Å²) in [7, 11) is 3.21. The van der Waals surface area contributed by atoms with Crippen LogP contribution in [0.1, 0.15) is 30.5 Å². The molecule has 1 aliphatic rings. The number of ether oxygens (including phenoxy) is 2. The molecule has 5 nitrogen and oxygen atoms in total. The van der Waals surface area contributed by atoms with Crippen LogP contribution in [0, 0.1) is 0 Å². The molecule has 0 saturated carbocycles. The lowest BCUT2D eigenvalue weighted by Crippen LogP contribution is -2.24. The standard InChI is InChI=1S/C19H19ClN2O3/c1-12(23)22-18(13-4-6-14(20)7-5-13)11-17(21-22)16-9-8-15(24-2)10-19(16)25-3/h4-10,18H,11H2,1-3H3/t18-/m1/s1. The van der Waals surface area contributed by atoms with Gasteiger partial charge in [-0.05, 0) is 29.8 Å². The Kier molecular flexibility index (Phi) is 4.95. The van der Waals surface area contributed by atoms with Gasteiger partial charge in [-0.1, -0.05) is 23.7 Å². The Balaban J connectivity index is 1.97. The summed E-state index contributed by atoms with van der Waals surface area (Å²) in [5.74, 6) is 1.26. The molecule has 1 atom stereocenters. The van der Waals surface area contributed by atoms with E-state index in [9.17, 15) is 4.79 Å². The number of amides is 1. The number of nitrogens with zero attached hydrogens (tertiary/aromatic N) is 2. The summed E-state index contributed by atoms with van der Waals surface area (Å²) in [4.78, 5) is 12.1. The van der Waals surface area contributed by atoms with Gasteiger partial charge in [0.05, 0.1) is 26.0 Å². The number of rotatable bonds is 4. The SMILES string of the molecule is COc1ccc(C2=NN(C(C)=O)[C@@H](c3ccc(Cl)cc3)C2)c(OC)c1. The van der Waals surface area contributed by atoms with Crippen molar-refractivity contribution in [1.29, 1.82) is 0 Å². The smallest absolute Gasteiger partial charge is 0.240 e. The number of halogens is 1. The molecule has 0 spiro atoms. The van der Waals surface area contributed by atoms with E-state index in [2.05, 4.69) is 5.10 Å². The summed E-state index contributed by atoms with van der Waals surface area (Å²) in [5.41, 5.74) is 2.64. The van der Waals surface area contributed by atoms with E-state index < -0.39 is 0 Å². The van der Waals surface area contributed by atoms with Gasteiger partial charge in [0.15, 0.2) is 0 Å². The maximum absolute atomic E-state index is 12.1. The fourth-order valence-corrected chi connectivity index (χ4v) is 3.07. The fourth-order valence-electron chi connectivity index (χ4n) is 2.94. The van der Waals surface area contributed by atoms with E-state index in [0.717, 1.165) is 16.8 Å². The maximum Gasteiger partial charge on any atom is 0.240 e. The molecule has 1 amide bonds. The van der Waals surface area contributed by atoms with Gasteiger partial charge in [-0.3, -0.25) is 4.79 Å². The largest absolute Gasteiger partial charge is 0.497 e. The third-order valence-electron chi connectivity index (χ3n) is 4.21. The van der Waals surface area contributed by atoms with Crippen molar-refractivity contribution < 1.29 is 14.3 Å². The number of hydrogen-bond acceptors (Lipinski definition) is 4. The third kappa shape index (κ3) is 3.46. The second-order valence-electron chi connectivity index (χ2n) is 5.75. The first-order valence-electron chi connectivity index (χ1n) is 7.88. The lowest BCUT2D eigenvalue weighted by atomic mass is 9.98. The molecule has 0 saturated heterocycles. The summed E-state index contributed by atoms with van der Waals surface area (Å²) in [5, 5.41) is 6.73. The van der Waals surface area contributed by atoms with Crippen LogP contribution in [0.2, 0.25) is 5.02 Å². The Bertz CT molecular complexity index is 818.